The first-order chi connectivity index (χ1) is 18.3. The molecule has 11 heteroatoms. The Bertz CT molecular complexity index is 1370. The van der Waals surface area contributed by atoms with Gasteiger partial charge in [-0.25, -0.2) is 8.42 Å². The number of halogens is 3. The summed E-state index contributed by atoms with van der Waals surface area (Å²) in [6, 6.07) is 21.6. The number of nitrogens with zero attached hydrogens (tertiary/aromatic N) is 2. The first-order valence-corrected chi connectivity index (χ1v) is 14.4. The molecule has 6 nitrogen and oxygen atoms in total. The summed E-state index contributed by atoms with van der Waals surface area (Å²) in [5.74, 6) is 0. The van der Waals surface area contributed by atoms with E-state index in [4.69, 9.17) is 0 Å². The quantitative estimate of drug-likeness (QED) is 0.329. The van der Waals surface area contributed by atoms with Gasteiger partial charge in [-0.05, 0) is 49.2 Å². The van der Waals surface area contributed by atoms with E-state index in [0.29, 0.717) is 23.7 Å². The van der Waals surface area contributed by atoms with E-state index in [-0.39, 0.29) is 35.6 Å². The Morgan fingerprint density at radius 3 is 2.23 bits per heavy atom. The minimum atomic E-state index is -4.82. The molecular formula is C28H32F3N3O3S2. The molecule has 0 radical (unpaired) electrons. The maximum atomic E-state index is 13.5. The number of nitrogens with one attached hydrogen (secondary N) is 1. The van der Waals surface area contributed by atoms with Crippen LogP contribution in [0.5, 0.6) is 0 Å². The zero-order valence-corrected chi connectivity index (χ0v) is 23.3. The summed E-state index contributed by atoms with van der Waals surface area (Å²) in [5.41, 5.74) is -1.53. The molecule has 1 fully saturated rings. The Balaban J connectivity index is 1.60. The topological polar surface area (TPSA) is 72.9 Å². The third kappa shape index (κ3) is 6.28. The first-order valence-electron chi connectivity index (χ1n) is 12.5. The molecule has 2 unspecified atom stereocenters. The van der Waals surface area contributed by atoms with Crippen LogP contribution in [-0.4, -0.2) is 56.2 Å². The summed E-state index contributed by atoms with van der Waals surface area (Å²) in [6.07, 6.45) is -4.82. The van der Waals surface area contributed by atoms with Gasteiger partial charge in [-0.3, -0.25) is 0 Å². The average molecular weight is 580 g/mol. The number of alkyl halides is 3. The Morgan fingerprint density at radius 1 is 1.00 bits per heavy atom. The minimum Gasteiger partial charge on any atom is -0.376 e. The van der Waals surface area contributed by atoms with Crippen LogP contribution in [0.25, 0.3) is 0 Å². The van der Waals surface area contributed by atoms with Gasteiger partial charge in [0, 0.05) is 42.8 Å². The fourth-order valence-corrected chi connectivity index (χ4v) is 6.75. The van der Waals surface area contributed by atoms with Gasteiger partial charge in [0.1, 0.15) is 0 Å². The first kappa shape index (κ1) is 29.4. The van der Waals surface area contributed by atoms with Crippen molar-refractivity contribution < 1.29 is 26.7 Å². The number of hydrogen-bond donors (Lipinski definition) is 3. The number of benzene rings is 3. The summed E-state index contributed by atoms with van der Waals surface area (Å²) in [7, 11) is -3.82. The Hall–Kier alpha value is -2.57. The second-order valence-electron chi connectivity index (χ2n) is 9.84. The monoisotopic (exact) mass is 579 g/mol. The third-order valence-corrected chi connectivity index (χ3v) is 9.67. The Kier molecular flexibility index (Phi) is 8.67. The summed E-state index contributed by atoms with van der Waals surface area (Å²) < 4.78 is 68.5. The normalized spacial score (nSPS) is 19.5. The highest BCUT2D eigenvalue weighted by molar-refractivity contribution is 7.90. The molecule has 210 valence electrons. The van der Waals surface area contributed by atoms with Crippen LogP contribution in [-0.2, 0) is 15.6 Å². The Labute approximate surface area is 232 Å². The minimum absolute atomic E-state index is 0.0116. The number of sulfonamides is 1. The molecule has 3 atom stereocenters. The molecule has 3 aromatic carbocycles. The lowest BCUT2D eigenvalue weighted by atomic mass is 9.95. The number of thiol groups is 1. The van der Waals surface area contributed by atoms with E-state index in [1.54, 1.807) is 18.2 Å². The molecule has 1 heterocycles. The van der Waals surface area contributed by atoms with Crippen LogP contribution < -0.4 is 10.2 Å². The average Bonchev–Trinajstić information content (AvgIpc) is 2.91. The molecule has 0 spiro atoms. The molecule has 2 N–H and O–H groups in total. The molecule has 0 bridgehead atoms. The molecule has 0 amide bonds. The molecule has 1 saturated heterocycles. The van der Waals surface area contributed by atoms with Crippen molar-refractivity contribution in [3.8, 4) is 0 Å². The van der Waals surface area contributed by atoms with E-state index in [1.807, 2.05) is 42.2 Å². The molecule has 39 heavy (non-hydrogen) atoms. The molecule has 4 rings (SSSR count). The number of hydrogen-bond acceptors (Lipinski definition) is 6. The molecule has 1 aliphatic heterocycles. The largest absolute Gasteiger partial charge is 0.421 e. The van der Waals surface area contributed by atoms with Crippen LogP contribution in [0.15, 0.2) is 88.7 Å². The molecular weight excluding hydrogens is 547 g/mol. The second-order valence-corrected chi connectivity index (χ2v) is 12.2. The van der Waals surface area contributed by atoms with Crippen LogP contribution in [0.4, 0.5) is 18.9 Å². The van der Waals surface area contributed by atoms with Crippen LogP contribution in [0.1, 0.15) is 31.0 Å². The van der Waals surface area contributed by atoms with Gasteiger partial charge in [0.05, 0.1) is 10.9 Å². The highest BCUT2D eigenvalue weighted by Gasteiger charge is 2.51. The van der Waals surface area contributed by atoms with E-state index in [1.165, 1.54) is 34.6 Å². The molecule has 0 saturated carbocycles. The maximum absolute atomic E-state index is 13.5. The fourth-order valence-electron chi connectivity index (χ4n) is 4.69. The SMILES string of the molecule is CC(NC[C@H]1CN(S(=O)(=O)c2ccccc2S)CCN1c1ccc(C(C)(O)C(F)(F)F)cc1)c1ccccc1. The van der Waals surface area contributed by atoms with Crippen molar-refractivity contribution >= 4 is 28.3 Å². The van der Waals surface area contributed by atoms with E-state index in [0.717, 1.165) is 12.5 Å². The van der Waals surface area contributed by atoms with Gasteiger partial charge >= 0.3 is 6.18 Å². The third-order valence-electron chi connectivity index (χ3n) is 7.20. The summed E-state index contributed by atoms with van der Waals surface area (Å²) >= 11 is 4.34. The van der Waals surface area contributed by atoms with Gasteiger partial charge in [-0.2, -0.15) is 17.5 Å². The van der Waals surface area contributed by atoms with Gasteiger partial charge in [0.25, 0.3) is 0 Å². The van der Waals surface area contributed by atoms with Crippen molar-refractivity contribution in [3.63, 3.8) is 0 Å². The lowest BCUT2D eigenvalue weighted by Crippen LogP contribution is -2.58. The van der Waals surface area contributed by atoms with Crippen molar-refractivity contribution in [1.82, 2.24) is 9.62 Å². The number of rotatable bonds is 8. The van der Waals surface area contributed by atoms with Crippen LogP contribution in [0, 0.1) is 0 Å². The van der Waals surface area contributed by atoms with E-state index in [2.05, 4.69) is 17.9 Å². The highest BCUT2D eigenvalue weighted by Crippen LogP contribution is 2.39. The van der Waals surface area contributed by atoms with Crippen LogP contribution in [0.2, 0.25) is 0 Å². The summed E-state index contributed by atoms with van der Waals surface area (Å²) in [5, 5.41) is 13.5. The lowest BCUT2D eigenvalue weighted by Gasteiger charge is -2.43. The lowest BCUT2D eigenvalue weighted by molar-refractivity contribution is -0.258. The molecule has 1 aliphatic rings. The smallest absolute Gasteiger partial charge is 0.376 e. The number of piperazine rings is 1. The molecule has 0 aromatic heterocycles. The predicted octanol–water partition coefficient (Wildman–Crippen LogP) is 4.98. The van der Waals surface area contributed by atoms with E-state index >= 15 is 0 Å². The van der Waals surface area contributed by atoms with E-state index < -0.39 is 21.8 Å². The fraction of sp³-hybridized carbons (Fsp3) is 0.357. The summed E-state index contributed by atoms with van der Waals surface area (Å²) in [6.45, 7) is 3.85. The zero-order valence-electron chi connectivity index (χ0n) is 21.6. The van der Waals surface area contributed by atoms with Gasteiger partial charge in [0.15, 0.2) is 5.60 Å². The molecule has 0 aliphatic carbocycles. The van der Waals surface area contributed by atoms with Crippen LogP contribution in [0.3, 0.4) is 0 Å². The molecule has 3 aromatic rings. The Morgan fingerprint density at radius 2 is 1.62 bits per heavy atom. The number of anilines is 1. The van der Waals surface area contributed by atoms with Gasteiger partial charge in [-0.15, -0.1) is 12.6 Å². The van der Waals surface area contributed by atoms with Crippen molar-refractivity contribution in [3.05, 3.63) is 90.0 Å². The zero-order chi connectivity index (χ0) is 28.4. The summed E-state index contributed by atoms with van der Waals surface area (Å²) in [4.78, 5) is 2.49. The standard InChI is InChI=1S/C28H32F3N3O3S2/c1-20(21-8-4-3-5-9-21)32-18-24-19-33(39(36,37)26-11-7-6-10-25(26)38)16-17-34(24)23-14-12-22(13-15-23)27(2,35)28(29,30)31/h3-15,20,24,32,35,38H,16-19H2,1-2H3/t20?,24-,27?/m0/s1. The van der Waals surface area contributed by atoms with Crippen molar-refractivity contribution in [2.45, 2.75) is 47.5 Å². The second kappa shape index (κ2) is 11.5. The highest BCUT2D eigenvalue weighted by atomic mass is 32.2. The van der Waals surface area contributed by atoms with Gasteiger partial charge < -0.3 is 15.3 Å². The number of aliphatic hydroxyl groups is 1. The predicted molar refractivity (Wildman–Crippen MR) is 149 cm³/mol. The maximum Gasteiger partial charge on any atom is 0.421 e. The van der Waals surface area contributed by atoms with Crippen molar-refractivity contribution in [2.24, 2.45) is 0 Å². The van der Waals surface area contributed by atoms with Crippen LogP contribution >= 0.6 is 12.6 Å². The van der Waals surface area contributed by atoms with E-state index in [9.17, 15) is 26.7 Å². The van der Waals surface area contributed by atoms with Crippen molar-refractivity contribution in [2.75, 3.05) is 31.1 Å². The van der Waals surface area contributed by atoms with Gasteiger partial charge in [0.2, 0.25) is 10.0 Å². The van der Waals surface area contributed by atoms with Crippen molar-refractivity contribution in [1.29, 1.82) is 0 Å². The van der Waals surface area contributed by atoms with Gasteiger partial charge in [-0.1, -0.05) is 54.6 Å².